The van der Waals surface area contributed by atoms with Gasteiger partial charge >= 0.3 is 0 Å². The Morgan fingerprint density at radius 3 is 2.62 bits per heavy atom. The summed E-state index contributed by atoms with van der Waals surface area (Å²) in [5.41, 5.74) is 1.17. The average molecular weight is 229 g/mol. The highest BCUT2D eigenvalue weighted by Gasteiger charge is 2.11. The molecule has 1 atom stereocenters. The number of benzene rings is 2. The monoisotopic (exact) mass is 229 g/mol. The van der Waals surface area contributed by atoms with Crippen LogP contribution in [0.5, 0.6) is 0 Å². The Kier molecular flexibility index (Phi) is 2.35. The second kappa shape index (κ2) is 3.85. The van der Waals surface area contributed by atoms with Crippen molar-refractivity contribution < 1.29 is 5.21 Å². The fourth-order valence-electron chi connectivity index (χ4n) is 2.00. The Morgan fingerprint density at radius 1 is 1.12 bits per heavy atom. The second-order valence-electron chi connectivity index (χ2n) is 3.75. The van der Waals surface area contributed by atoms with Crippen LogP contribution >= 0.6 is 0 Å². The summed E-state index contributed by atoms with van der Waals surface area (Å²) in [4.78, 5) is 1.14. The fraction of sp³-hybridized carbons (Fsp3) is 0.0769. The molecular formula is C13H11NOS. The molecule has 0 amide bonds. The predicted molar refractivity (Wildman–Crippen MR) is 67.7 cm³/mol. The van der Waals surface area contributed by atoms with Crippen molar-refractivity contribution in [3.05, 3.63) is 48.0 Å². The van der Waals surface area contributed by atoms with E-state index < -0.39 is 0 Å². The normalized spacial score (nSPS) is 18.9. The number of hydrogen-bond acceptors (Lipinski definition) is 1. The van der Waals surface area contributed by atoms with E-state index in [0.717, 1.165) is 10.6 Å². The van der Waals surface area contributed by atoms with Crippen LogP contribution in [0.1, 0.15) is 5.56 Å². The summed E-state index contributed by atoms with van der Waals surface area (Å²) >= 11 is 0. The van der Waals surface area contributed by atoms with E-state index >= 15 is 0 Å². The average Bonchev–Trinajstić information content (AvgIpc) is 2.35. The topological polar surface area (TPSA) is 32.6 Å². The molecule has 16 heavy (non-hydrogen) atoms. The van der Waals surface area contributed by atoms with Gasteiger partial charge in [0.2, 0.25) is 0 Å². The Bertz CT molecular complexity index is 616. The van der Waals surface area contributed by atoms with Crippen LogP contribution in [-0.2, 0) is 10.7 Å². The van der Waals surface area contributed by atoms with Crippen molar-refractivity contribution >= 4 is 27.5 Å². The van der Waals surface area contributed by atoms with Gasteiger partial charge in [0.25, 0.3) is 0 Å². The molecule has 0 spiro atoms. The first-order chi connectivity index (χ1) is 7.88. The van der Waals surface area contributed by atoms with E-state index in [0.29, 0.717) is 0 Å². The minimum Gasteiger partial charge on any atom is -0.261 e. The van der Waals surface area contributed by atoms with Crippen molar-refractivity contribution in [3.8, 4) is 0 Å². The number of fused-ring (bicyclic) bond motifs is 2. The minimum absolute atomic E-state index is 0.389. The lowest BCUT2D eigenvalue weighted by atomic mass is 10.1. The van der Waals surface area contributed by atoms with Crippen molar-refractivity contribution in [1.29, 1.82) is 0 Å². The first-order valence-corrected chi connectivity index (χ1v) is 6.49. The summed E-state index contributed by atoms with van der Waals surface area (Å²) in [6.07, 6.45) is 4.18. The lowest BCUT2D eigenvalue weighted by Gasteiger charge is -2.14. The van der Waals surface area contributed by atoms with E-state index in [4.69, 9.17) is 5.21 Å². The van der Waals surface area contributed by atoms with E-state index in [9.17, 15) is 0 Å². The molecule has 0 bridgehead atoms. The van der Waals surface area contributed by atoms with Crippen LogP contribution in [0.25, 0.3) is 16.8 Å². The molecule has 0 radical (unpaired) electrons. The van der Waals surface area contributed by atoms with Gasteiger partial charge in [-0.3, -0.25) is 5.21 Å². The van der Waals surface area contributed by atoms with Crippen molar-refractivity contribution in [2.45, 2.75) is 4.90 Å². The molecule has 1 heterocycles. The third kappa shape index (κ3) is 1.49. The van der Waals surface area contributed by atoms with Crippen molar-refractivity contribution in [3.63, 3.8) is 0 Å². The highest BCUT2D eigenvalue weighted by Crippen LogP contribution is 2.27. The molecule has 2 aromatic rings. The van der Waals surface area contributed by atoms with Gasteiger partial charge in [0, 0.05) is 10.6 Å². The van der Waals surface area contributed by atoms with Crippen LogP contribution in [0.2, 0.25) is 0 Å². The van der Waals surface area contributed by atoms with Crippen molar-refractivity contribution in [2.24, 2.45) is 4.53 Å². The maximum atomic E-state index is 9.01. The molecule has 0 aromatic heterocycles. The molecule has 2 aromatic carbocycles. The third-order valence-electron chi connectivity index (χ3n) is 2.78. The van der Waals surface area contributed by atoms with E-state index in [1.165, 1.54) is 16.3 Å². The zero-order valence-electron chi connectivity index (χ0n) is 8.63. The molecule has 0 saturated heterocycles. The first-order valence-electron chi connectivity index (χ1n) is 5.14. The largest absolute Gasteiger partial charge is 0.261 e. The molecule has 1 aliphatic rings. The molecule has 3 heteroatoms. The number of nitrogens with zero attached hydrogens (tertiary/aromatic N) is 1. The van der Waals surface area contributed by atoms with Crippen LogP contribution in [0.4, 0.5) is 0 Å². The van der Waals surface area contributed by atoms with Crippen molar-refractivity contribution in [1.82, 2.24) is 0 Å². The first kappa shape index (κ1) is 9.75. The predicted octanol–water partition coefficient (Wildman–Crippen LogP) is 3.42. The fourth-order valence-corrected chi connectivity index (χ4v) is 3.28. The molecule has 0 aliphatic carbocycles. The second-order valence-corrected chi connectivity index (χ2v) is 5.42. The van der Waals surface area contributed by atoms with Gasteiger partial charge < -0.3 is 0 Å². The number of rotatable bonds is 0. The molecule has 1 unspecified atom stereocenters. The maximum Gasteiger partial charge on any atom is 0.0295 e. The summed E-state index contributed by atoms with van der Waals surface area (Å²) in [7, 11) is -0.389. The van der Waals surface area contributed by atoms with Gasteiger partial charge in [-0.1, -0.05) is 36.4 Å². The van der Waals surface area contributed by atoms with Crippen LogP contribution in [0.3, 0.4) is 0 Å². The smallest absolute Gasteiger partial charge is 0.0295 e. The molecule has 0 fully saturated rings. The van der Waals surface area contributed by atoms with Gasteiger partial charge in [-0.15, -0.1) is 4.53 Å². The standard InChI is InChI=1S/C13H11NOS/c15-14-16-7-3-6-12-8-10-4-1-2-5-11(10)9-13(12)16/h1-6,8-9,15H,7H2. The molecule has 3 rings (SSSR count). The Balaban J connectivity index is 2.35. The lowest BCUT2D eigenvalue weighted by Crippen LogP contribution is -2.02. The molecular weight excluding hydrogens is 218 g/mol. The lowest BCUT2D eigenvalue weighted by molar-refractivity contribution is 0.328. The molecule has 2 nitrogen and oxygen atoms in total. The maximum absolute atomic E-state index is 9.01. The van der Waals surface area contributed by atoms with Crippen LogP contribution in [0, 0.1) is 0 Å². The summed E-state index contributed by atoms with van der Waals surface area (Å²) in [5, 5.41) is 11.5. The Hall–Kier alpha value is -1.45. The van der Waals surface area contributed by atoms with Gasteiger partial charge in [0.15, 0.2) is 0 Å². The Morgan fingerprint density at radius 2 is 1.88 bits per heavy atom. The third-order valence-corrected chi connectivity index (χ3v) is 4.35. The summed E-state index contributed by atoms with van der Waals surface area (Å²) < 4.78 is 3.47. The molecule has 1 N–H and O–H groups in total. The van der Waals surface area contributed by atoms with Gasteiger partial charge in [0.05, 0.1) is 0 Å². The van der Waals surface area contributed by atoms with Gasteiger partial charge in [-0.2, -0.15) is 0 Å². The van der Waals surface area contributed by atoms with Gasteiger partial charge in [0.1, 0.15) is 0 Å². The number of hydrogen-bond donors (Lipinski definition) is 1. The summed E-state index contributed by atoms with van der Waals surface area (Å²) in [6.45, 7) is 0. The van der Waals surface area contributed by atoms with E-state index in [2.05, 4.69) is 40.9 Å². The summed E-state index contributed by atoms with van der Waals surface area (Å²) in [5.74, 6) is 0.807. The van der Waals surface area contributed by atoms with Crippen LogP contribution < -0.4 is 0 Å². The highest BCUT2D eigenvalue weighted by molar-refractivity contribution is 7.87. The molecule has 80 valence electrons. The highest BCUT2D eigenvalue weighted by atomic mass is 32.2. The van der Waals surface area contributed by atoms with Gasteiger partial charge in [-0.05, 0) is 39.2 Å². The van der Waals surface area contributed by atoms with Crippen LogP contribution in [-0.4, -0.2) is 11.0 Å². The van der Waals surface area contributed by atoms with E-state index in [1.807, 2.05) is 12.1 Å². The van der Waals surface area contributed by atoms with E-state index in [-0.39, 0.29) is 10.7 Å². The SMILES string of the molecule is ON=S1CC=Cc2cc3ccccc3cc21. The van der Waals surface area contributed by atoms with E-state index in [1.54, 1.807) is 0 Å². The zero-order valence-corrected chi connectivity index (χ0v) is 9.45. The summed E-state index contributed by atoms with van der Waals surface area (Å²) in [6, 6.07) is 12.6. The molecule has 0 saturated carbocycles. The quantitative estimate of drug-likeness (QED) is 0.690. The van der Waals surface area contributed by atoms with Crippen LogP contribution in [0.15, 0.2) is 51.9 Å². The Labute approximate surface area is 96.3 Å². The molecule has 1 aliphatic heterocycles. The van der Waals surface area contributed by atoms with Gasteiger partial charge in [-0.25, -0.2) is 0 Å². The minimum atomic E-state index is -0.389. The zero-order chi connectivity index (χ0) is 11.0. The van der Waals surface area contributed by atoms with Crippen molar-refractivity contribution in [2.75, 3.05) is 5.75 Å².